The molecule has 0 unspecified atom stereocenters. The van der Waals surface area contributed by atoms with Crippen molar-refractivity contribution in [2.45, 2.75) is 32.6 Å². The highest BCUT2D eigenvalue weighted by Gasteiger charge is 2.36. The SMILES string of the molecule is CC(=O)c1cc2c(cc1NC(=O)[C@H]1CCCC[C@@H]1C(=O)O)OCO2. The maximum Gasteiger partial charge on any atom is 0.307 e. The molecule has 128 valence electrons. The van der Waals surface area contributed by atoms with Crippen molar-refractivity contribution in [2.24, 2.45) is 11.8 Å². The van der Waals surface area contributed by atoms with Gasteiger partial charge in [-0.15, -0.1) is 0 Å². The van der Waals surface area contributed by atoms with Gasteiger partial charge in [-0.1, -0.05) is 12.8 Å². The van der Waals surface area contributed by atoms with Crippen LogP contribution in [0, 0.1) is 11.8 Å². The second-order valence-corrected chi connectivity index (χ2v) is 6.13. The summed E-state index contributed by atoms with van der Waals surface area (Å²) in [6.45, 7) is 1.46. The number of carboxylic acids is 1. The zero-order chi connectivity index (χ0) is 17.3. The van der Waals surface area contributed by atoms with Crippen LogP contribution in [0.25, 0.3) is 0 Å². The number of anilines is 1. The van der Waals surface area contributed by atoms with Crippen molar-refractivity contribution >= 4 is 23.3 Å². The van der Waals surface area contributed by atoms with Gasteiger partial charge in [-0.05, 0) is 25.8 Å². The van der Waals surface area contributed by atoms with Crippen LogP contribution in [0.3, 0.4) is 0 Å². The smallest absolute Gasteiger partial charge is 0.307 e. The predicted molar refractivity (Wildman–Crippen MR) is 84.3 cm³/mol. The number of hydrogen-bond acceptors (Lipinski definition) is 5. The first-order valence-corrected chi connectivity index (χ1v) is 7.95. The molecule has 0 radical (unpaired) electrons. The molecule has 7 heteroatoms. The molecule has 2 N–H and O–H groups in total. The molecule has 0 bridgehead atoms. The molecule has 1 aromatic rings. The van der Waals surface area contributed by atoms with Crippen molar-refractivity contribution in [1.29, 1.82) is 0 Å². The van der Waals surface area contributed by atoms with Crippen LogP contribution in [0.4, 0.5) is 5.69 Å². The van der Waals surface area contributed by atoms with E-state index in [0.717, 1.165) is 12.8 Å². The first-order valence-electron chi connectivity index (χ1n) is 7.95. The largest absolute Gasteiger partial charge is 0.481 e. The van der Waals surface area contributed by atoms with Crippen molar-refractivity contribution in [1.82, 2.24) is 0 Å². The average Bonchev–Trinajstić information content (AvgIpc) is 3.01. The second kappa shape index (κ2) is 6.51. The van der Waals surface area contributed by atoms with E-state index in [1.54, 1.807) is 6.07 Å². The molecule has 1 aliphatic carbocycles. The Hall–Kier alpha value is -2.57. The van der Waals surface area contributed by atoms with E-state index < -0.39 is 17.8 Å². The molecule has 2 atom stereocenters. The maximum atomic E-state index is 12.6. The van der Waals surface area contributed by atoms with Gasteiger partial charge in [-0.25, -0.2) is 0 Å². The summed E-state index contributed by atoms with van der Waals surface area (Å²) < 4.78 is 10.5. The van der Waals surface area contributed by atoms with Crippen molar-refractivity contribution in [3.63, 3.8) is 0 Å². The molecule has 1 amide bonds. The Balaban J connectivity index is 1.86. The van der Waals surface area contributed by atoms with Gasteiger partial charge in [0.1, 0.15) is 0 Å². The number of fused-ring (bicyclic) bond motifs is 1. The van der Waals surface area contributed by atoms with E-state index in [9.17, 15) is 19.5 Å². The molecular formula is C17H19NO6. The number of ketones is 1. The summed E-state index contributed by atoms with van der Waals surface area (Å²) in [7, 11) is 0. The van der Waals surface area contributed by atoms with E-state index in [1.165, 1.54) is 13.0 Å². The topological polar surface area (TPSA) is 102 Å². The van der Waals surface area contributed by atoms with Crippen LogP contribution in [0.1, 0.15) is 43.0 Å². The fourth-order valence-corrected chi connectivity index (χ4v) is 3.30. The Bertz CT molecular complexity index is 699. The molecule has 0 spiro atoms. The third kappa shape index (κ3) is 3.06. The van der Waals surface area contributed by atoms with E-state index in [4.69, 9.17) is 9.47 Å². The molecule has 2 aliphatic rings. The number of carboxylic acid groups (broad SMARTS) is 1. The first-order chi connectivity index (χ1) is 11.5. The Morgan fingerprint density at radius 2 is 1.71 bits per heavy atom. The van der Waals surface area contributed by atoms with Gasteiger partial charge < -0.3 is 19.9 Å². The van der Waals surface area contributed by atoms with Crippen molar-refractivity contribution in [3.05, 3.63) is 17.7 Å². The highest BCUT2D eigenvalue weighted by atomic mass is 16.7. The standard InChI is InChI=1S/C17H19NO6/c1-9(19)12-6-14-15(24-8-23-14)7-13(12)18-16(20)10-4-2-3-5-11(10)17(21)22/h6-7,10-11H,2-5,8H2,1H3,(H,18,20)(H,21,22)/t10-,11-/m0/s1. The number of Topliss-reactive ketones (excluding diaryl/α,β-unsaturated/α-hetero) is 1. The lowest BCUT2D eigenvalue weighted by molar-refractivity contribution is -0.147. The van der Waals surface area contributed by atoms with Crippen LogP contribution in [-0.4, -0.2) is 29.6 Å². The number of benzene rings is 1. The van der Waals surface area contributed by atoms with Gasteiger partial charge in [0.2, 0.25) is 12.7 Å². The Kier molecular flexibility index (Phi) is 4.42. The minimum Gasteiger partial charge on any atom is -0.481 e. The van der Waals surface area contributed by atoms with Crippen LogP contribution in [-0.2, 0) is 9.59 Å². The lowest BCUT2D eigenvalue weighted by Crippen LogP contribution is -2.36. The number of ether oxygens (including phenoxy) is 2. The van der Waals surface area contributed by atoms with E-state index in [-0.39, 0.29) is 18.5 Å². The van der Waals surface area contributed by atoms with Gasteiger partial charge in [-0.3, -0.25) is 14.4 Å². The Morgan fingerprint density at radius 1 is 1.08 bits per heavy atom. The van der Waals surface area contributed by atoms with Crippen LogP contribution in [0.15, 0.2) is 12.1 Å². The number of nitrogens with one attached hydrogen (secondary N) is 1. The molecule has 24 heavy (non-hydrogen) atoms. The normalized spacial score (nSPS) is 22.0. The molecule has 1 aromatic carbocycles. The lowest BCUT2D eigenvalue weighted by atomic mass is 9.78. The molecule has 1 aliphatic heterocycles. The molecule has 1 fully saturated rings. The fraction of sp³-hybridized carbons (Fsp3) is 0.471. The zero-order valence-electron chi connectivity index (χ0n) is 13.3. The quantitative estimate of drug-likeness (QED) is 0.821. The van der Waals surface area contributed by atoms with Crippen molar-refractivity contribution in [3.8, 4) is 11.5 Å². The molecule has 1 heterocycles. The summed E-state index contributed by atoms with van der Waals surface area (Å²) in [5.41, 5.74) is 0.641. The van der Waals surface area contributed by atoms with E-state index in [2.05, 4.69) is 5.32 Å². The molecule has 0 saturated heterocycles. The summed E-state index contributed by atoms with van der Waals surface area (Å²) >= 11 is 0. The third-order valence-electron chi connectivity index (χ3n) is 4.57. The van der Waals surface area contributed by atoms with Crippen molar-refractivity contribution < 1.29 is 29.0 Å². The van der Waals surface area contributed by atoms with Crippen molar-refractivity contribution in [2.75, 3.05) is 12.1 Å². The van der Waals surface area contributed by atoms with Gasteiger partial charge in [0.25, 0.3) is 0 Å². The van der Waals surface area contributed by atoms with Gasteiger partial charge in [-0.2, -0.15) is 0 Å². The summed E-state index contributed by atoms with van der Waals surface area (Å²) in [5, 5.41) is 12.0. The number of carbonyl (C=O) groups is 3. The fourth-order valence-electron chi connectivity index (χ4n) is 3.30. The van der Waals surface area contributed by atoms with Crippen LogP contribution in [0.2, 0.25) is 0 Å². The molecule has 3 rings (SSSR count). The Morgan fingerprint density at radius 3 is 2.33 bits per heavy atom. The second-order valence-electron chi connectivity index (χ2n) is 6.13. The highest BCUT2D eigenvalue weighted by Crippen LogP contribution is 2.38. The monoisotopic (exact) mass is 333 g/mol. The number of carbonyl (C=O) groups excluding carboxylic acids is 2. The van der Waals surface area contributed by atoms with Gasteiger partial charge in [0.15, 0.2) is 17.3 Å². The Labute approximate surface area is 138 Å². The lowest BCUT2D eigenvalue weighted by Gasteiger charge is -2.27. The molecule has 7 nitrogen and oxygen atoms in total. The van der Waals surface area contributed by atoms with Crippen LogP contribution in [0.5, 0.6) is 11.5 Å². The van der Waals surface area contributed by atoms with Gasteiger partial charge >= 0.3 is 5.97 Å². The maximum absolute atomic E-state index is 12.6. The predicted octanol–water partition coefficient (Wildman–Crippen LogP) is 2.45. The van der Waals surface area contributed by atoms with E-state index >= 15 is 0 Å². The summed E-state index contributed by atoms with van der Waals surface area (Å²) in [4.78, 5) is 35.8. The number of amides is 1. The minimum absolute atomic E-state index is 0.0633. The highest BCUT2D eigenvalue weighted by molar-refractivity contribution is 6.05. The van der Waals surface area contributed by atoms with E-state index in [1.807, 2.05) is 0 Å². The first kappa shape index (κ1) is 16.3. The van der Waals surface area contributed by atoms with E-state index in [0.29, 0.717) is 35.6 Å². The average molecular weight is 333 g/mol. The van der Waals surface area contributed by atoms with Crippen LogP contribution < -0.4 is 14.8 Å². The number of hydrogen-bond donors (Lipinski definition) is 2. The third-order valence-corrected chi connectivity index (χ3v) is 4.57. The number of rotatable bonds is 4. The molecule has 0 aromatic heterocycles. The zero-order valence-corrected chi connectivity index (χ0v) is 13.3. The summed E-state index contributed by atoms with van der Waals surface area (Å²) in [6.07, 6.45) is 2.66. The number of aliphatic carboxylic acids is 1. The summed E-state index contributed by atoms with van der Waals surface area (Å²) in [5.74, 6) is -1.92. The molecule has 1 saturated carbocycles. The van der Waals surface area contributed by atoms with Gasteiger partial charge in [0.05, 0.1) is 17.5 Å². The summed E-state index contributed by atoms with van der Waals surface area (Å²) in [6, 6.07) is 3.09. The molecular weight excluding hydrogens is 314 g/mol. The van der Waals surface area contributed by atoms with Gasteiger partial charge in [0, 0.05) is 11.6 Å². The van der Waals surface area contributed by atoms with Crippen LogP contribution >= 0.6 is 0 Å². The minimum atomic E-state index is -0.952.